The molecule has 1 aliphatic carbocycles. The molecule has 1 aliphatic heterocycles. The molecule has 21 heavy (non-hydrogen) atoms. The fraction of sp³-hybridized carbons (Fsp3) is 0.600. The molecular weight excluding hydrogens is 308 g/mol. The SMILES string of the molecule is Nc1cccc(Cl)c1S(=O)(=O)N1CCC2(CCCC2)CC1. The van der Waals surface area contributed by atoms with Crippen molar-refractivity contribution in [1.82, 2.24) is 4.31 Å². The van der Waals surface area contributed by atoms with Crippen LogP contribution in [0.2, 0.25) is 5.02 Å². The highest BCUT2D eigenvalue weighted by molar-refractivity contribution is 7.89. The summed E-state index contributed by atoms with van der Waals surface area (Å²) in [6.45, 7) is 1.15. The van der Waals surface area contributed by atoms with Gasteiger partial charge in [0, 0.05) is 13.1 Å². The Morgan fingerprint density at radius 3 is 2.29 bits per heavy atom. The van der Waals surface area contributed by atoms with Crippen molar-refractivity contribution >= 4 is 27.3 Å². The second kappa shape index (κ2) is 5.45. The minimum Gasteiger partial charge on any atom is -0.398 e. The molecule has 116 valence electrons. The van der Waals surface area contributed by atoms with Crippen molar-refractivity contribution in [3.8, 4) is 0 Å². The lowest BCUT2D eigenvalue weighted by Crippen LogP contribution is -2.42. The van der Waals surface area contributed by atoms with Crippen LogP contribution >= 0.6 is 11.6 Å². The van der Waals surface area contributed by atoms with E-state index >= 15 is 0 Å². The predicted molar refractivity (Wildman–Crippen MR) is 84.8 cm³/mol. The van der Waals surface area contributed by atoms with E-state index in [1.807, 2.05) is 0 Å². The number of hydrogen-bond acceptors (Lipinski definition) is 3. The van der Waals surface area contributed by atoms with Crippen LogP contribution < -0.4 is 5.73 Å². The lowest BCUT2D eigenvalue weighted by Gasteiger charge is -2.38. The number of piperidine rings is 1. The summed E-state index contributed by atoms with van der Waals surface area (Å²) in [7, 11) is -3.59. The number of anilines is 1. The molecule has 0 atom stereocenters. The van der Waals surface area contributed by atoms with E-state index < -0.39 is 10.0 Å². The second-order valence-corrected chi connectivity index (χ2v) is 8.55. The van der Waals surface area contributed by atoms with Gasteiger partial charge in [0.1, 0.15) is 4.90 Å². The zero-order valence-corrected chi connectivity index (χ0v) is 13.6. The van der Waals surface area contributed by atoms with E-state index in [4.69, 9.17) is 17.3 Å². The highest BCUT2D eigenvalue weighted by Gasteiger charge is 2.40. The molecular formula is C15H21ClN2O2S. The standard InChI is InChI=1S/C15H21ClN2O2S/c16-12-4-3-5-13(17)14(12)21(19,20)18-10-8-15(9-11-18)6-1-2-7-15/h3-5H,1-2,6-11,17H2. The van der Waals surface area contributed by atoms with Crippen LogP contribution in [-0.2, 0) is 10.0 Å². The van der Waals surface area contributed by atoms with E-state index in [0.29, 0.717) is 18.5 Å². The number of rotatable bonds is 2. The van der Waals surface area contributed by atoms with E-state index in [1.165, 1.54) is 25.7 Å². The Labute approximate surface area is 131 Å². The van der Waals surface area contributed by atoms with Crippen molar-refractivity contribution < 1.29 is 8.42 Å². The van der Waals surface area contributed by atoms with Gasteiger partial charge in [0.15, 0.2) is 0 Å². The number of nitrogens with zero attached hydrogens (tertiary/aromatic N) is 1. The molecule has 1 aromatic carbocycles. The minimum absolute atomic E-state index is 0.0639. The third kappa shape index (κ3) is 2.67. The van der Waals surface area contributed by atoms with Gasteiger partial charge >= 0.3 is 0 Å². The summed E-state index contributed by atoms with van der Waals surface area (Å²) >= 11 is 6.07. The summed E-state index contributed by atoms with van der Waals surface area (Å²) < 4.78 is 27.1. The fourth-order valence-electron chi connectivity index (χ4n) is 3.75. The van der Waals surface area contributed by atoms with Crippen molar-refractivity contribution in [3.63, 3.8) is 0 Å². The summed E-state index contributed by atoms with van der Waals surface area (Å²) in [5, 5.41) is 0.205. The van der Waals surface area contributed by atoms with Gasteiger partial charge in [-0.1, -0.05) is 30.5 Å². The maximum Gasteiger partial charge on any atom is 0.246 e. The van der Waals surface area contributed by atoms with E-state index in [2.05, 4.69) is 0 Å². The van der Waals surface area contributed by atoms with Gasteiger partial charge in [0.05, 0.1) is 10.7 Å². The molecule has 6 heteroatoms. The van der Waals surface area contributed by atoms with Crippen LogP contribution in [0.15, 0.2) is 23.1 Å². The zero-order valence-electron chi connectivity index (χ0n) is 12.0. The molecule has 0 radical (unpaired) electrons. The van der Waals surface area contributed by atoms with Crippen LogP contribution in [0.4, 0.5) is 5.69 Å². The topological polar surface area (TPSA) is 63.4 Å². The summed E-state index contributed by atoms with van der Waals surface area (Å²) in [6.07, 6.45) is 6.96. The number of benzene rings is 1. The first-order valence-corrected chi connectivity index (χ1v) is 9.31. The molecule has 1 saturated carbocycles. The van der Waals surface area contributed by atoms with Crippen LogP contribution in [0.3, 0.4) is 0 Å². The second-order valence-electron chi connectivity index (χ2n) is 6.27. The van der Waals surface area contributed by atoms with E-state index in [9.17, 15) is 8.42 Å². The third-order valence-corrected chi connectivity index (χ3v) is 7.49. The molecule has 0 bridgehead atoms. The lowest BCUT2D eigenvalue weighted by atomic mass is 9.78. The Morgan fingerprint density at radius 2 is 1.71 bits per heavy atom. The Balaban J connectivity index is 1.84. The molecule has 2 aliphatic rings. The maximum absolute atomic E-state index is 12.8. The first-order chi connectivity index (χ1) is 9.95. The smallest absolute Gasteiger partial charge is 0.246 e. The molecule has 3 rings (SSSR count). The van der Waals surface area contributed by atoms with Crippen LogP contribution in [0.5, 0.6) is 0 Å². The molecule has 0 unspecified atom stereocenters. The molecule has 0 amide bonds. The normalized spacial score (nSPS) is 22.7. The van der Waals surface area contributed by atoms with Gasteiger partial charge in [0.2, 0.25) is 10.0 Å². The third-order valence-electron chi connectivity index (χ3n) is 5.04. The number of halogens is 1. The van der Waals surface area contributed by atoms with E-state index in [0.717, 1.165) is 12.8 Å². The quantitative estimate of drug-likeness (QED) is 0.847. The first kappa shape index (κ1) is 15.1. The Morgan fingerprint density at radius 1 is 1.10 bits per heavy atom. The Bertz CT molecular complexity index is 609. The molecule has 4 nitrogen and oxygen atoms in total. The molecule has 1 heterocycles. The number of sulfonamides is 1. The number of nitrogen functional groups attached to an aromatic ring is 1. The van der Waals surface area contributed by atoms with Gasteiger partial charge in [-0.15, -0.1) is 0 Å². The summed E-state index contributed by atoms with van der Waals surface area (Å²) in [5.74, 6) is 0. The Kier molecular flexibility index (Phi) is 3.93. The fourth-order valence-corrected chi connectivity index (χ4v) is 5.83. The molecule has 2 fully saturated rings. The van der Waals surface area contributed by atoms with Gasteiger partial charge < -0.3 is 5.73 Å². The van der Waals surface area contributed by atoms with Crippen molar-refractivity contribution in [1.29, 1.82) is 0 Å². The maximum atomic E-state index is 12.8. The zero-order chi connectivity index (χ0) is 15.1. The number of nitrogens with two attached hydrogens (primary N) is 1. The van der Waals surface area contributed by atoms with Crippen LogP contribution in [-0.4, -0.2) is 25.8 Å². The van der Waals surface area contributed by atoms with Gasteiger partial charge in [-0.2, -0.15) is 4.31 Å². The average molecular weight is 329 g/mol. The van der Waals surface area contributed by atoms with Gasteiger partial charge in [0.25, 0.3) is 0 Å². The minimum atomic E-state index is -3.59. The Hall–Kier alpha value is -0.780. The van der Waals surface area contributed by atoms with Crippen molar-refractivity contribution in [2.45, 2.75) is 43.4 Å². The van der Waals surface area contributed by atoms with E-state index in [1.54, 1.807) is 22.5 Å². The summed E-state index contributed by atoms with van der Waals surface area (Å²) in [6, 6.07) is 4.83. The average Bonchev–Trinajstić information content (AvgIpc) is 2.87. The van der Waals surface area contributed by atoms with Crippen LogP contribution in [0.1, 0.15) is 38.5 Å². The summed E-state index contributed by atoms with van der Waals surface area (Å²) in [5.41, 5.74) is 6.45. The molecule has 2 N–H and O–H groups in total. The molecule has 1 saturated heterocycles. The molecule has 1 spiro atoms. The first-order valence-electron chi connectivity index (χ1n) is 7.49. The predicted octanol–water partition coefficient (Wildman–Crippen LogP) is 3.27. The van der Waals surface area contributed by atoms with Crippen molar-refractivity contribution in [2.24, 2.45) is 5.41 Å². The van der Waals surface area contributed by atoms with Gasteiger partial charge in [-0.05, 0) is 43.2 Å². The molecule has 1 aromatic rings. The van der Waals surface area contributed by atoms with Gasteiger partial charge in [-0.25, -0.2) is 8.42 Å². The lowest BCUT2D eigenvalue weighted by molar-refractivity contribution is 0.160. The summed E-state index contributed by atoms with van der Waals surface area (Å²) in [4.78, 5) is 0.0639. The number of hydrogen-bond donors (Lipinski definition) is 1. The van der Waals surface area contributed by atoms with Crippen molar-refractivity contribution in [3.05, 3.63) is 23.2 Å². The van der Waals surface area contributed by atoms with Crippen LogP contribution in [0, 0.1) is 5.41 Å². The van der Waals surface area contributed by atoms with Crippen LogP contribution in [0.25, 0.3) is 0 Å². The highest BCUT2D eigenvalue weighted by atomic mass is 35.5. The van der Waals surface area contributed by atoms with E-state index in [-0.39, 0.29) is 15.6 Å². The van der Waals surface area contributed by atoms with Gasteiger partial charge in [-0.3, -0.25) is 0 Å². The monoisotopic (exact) mass is 328 g/mol. The van der Waals surface area contributed by atoms with Crippen molar-refractivity contribution in [2.75, 3.05) is 18.8 Å². The molecule has 0 aromatic heterocycles. The highest BCUT2D eigenvalue weighted by Crippen LogP contribution is 2.47. The largest absolute Gasteiger partial charge is 0.398 e.